The Hall–Kier alpha value is -1.31. The smallest absolute Gasteiger partial charge is 0.459 e. The Balaban J connectivity index is 2.46. The van der Waals surface area contributed by atoms with Crippen molar-refractivity contribution in [3.8, 4) is 0 Å². The molecule has 1 amide bonds. The first-order valence-electron chi connectivity index (χ1n) is 5.83. The highest BCUT2D eigenvalue weighted by molar-refractivity contribution is 5.82. The summed E-state index contributed by atoms with van der Waals surface area (Å²) in [4.78, 5) is 22.4. The van der Waals surface area contributed by atoms with Gasteiger partial charge in [-0.1, -0.05) is 0 Å². The summed E-state index contributed by atoms with van der Waals surface area (Å²) >= 11 is 0. The quantitative estimate of drug-likeness (QED) is 0.733. The number of halogens is 3. The Morgan fingerprint density at radius 3 is 2.32 bits per heavy atom. The van der Waals surface area contributed by atoms with E-state index < -0.39 is 35.7 Å². The van der Waals surface area contributed by atoms with Crippen LogP contribution in [0.1, 0.15) is 27.2 Å². The summed E-state index contributed by atoms with van der Waals surface area (Å²) in [6.45, 7) is 5.19. The van der Waals surface area contributed by atoms with Crippen molar-refractivity contribution in [3.05, 3.63) is 0 Å². The molecule has 2 unspecified atom stereocenters. The van der Waals surface area contributed by atoms with Crippen LogP contribution in [-0.4, -0.2) is 42.3 Å². The monoisotopic (exact) mass is 282 g/mol. The average molecular weight is 282 g/mol. The van der Waals surface area contributed by atoms with Gasteiger partial charge >= 0.3 is 18.1 Å². The number of hydrogen-bond acceptors (Lipinski definition) is 4. The van der Waals surface area contributed by atoms with E-state index in [2.05, 4.69) is 5.32 Å². The normalized spacial score (nSPS) is 24.1. The van der Waals surface area contributed by atoms with Crippen molar-refractivity contribution < 1.29 is 27.5 Å². The standard InChI is InChI=1S/C11H17F3N2O3/c1-10(2,3)19-8(17)7-4-6(5-15-7)16-9(18)11(12,13)14/h6-7,15H,4-5H2,1-3H3,(H,16,18). The minimum Gasteiger partial charge on any atom is -0.459 e. The van der Waals surface area contributed by atoms with Crippen LogP contribution in [0.2, 0.25) is 0 Å². The minimum atomic E-state index is -4.91. The zero-order valence-corrected chi connectivity index (χ0v) is 10.9. The van der Waals surface area contributed by atoms with E-state index in [9.17, 15) is 22.8 Å². The highest BCUT2D eigenvalue weighted by Crippen LogP contribution is 2.17. The number of alkyl halides is 3. The van der Waals surface area contributed by atoms with Crippen molar-refractivity contribution in [1.82, 2.24) is 10.6 Å². The van der Waals surface area contributed by atoms with Gasteiger partial charge < -0.3 is 15.4 Å². The number of hydrogen-bond donors (Lipinski definition) is 2. The molecular weight excluding hydrogens is 265 g/mol. The zero-order chi connectivity index (χ0) is 14.8. The second kappa shape index (κ2) is 5.36. The fourth-order valence-corrected chi connectivity index (χ4v) is 1.67. The first kappa shape index (κ1) is 15.7. The van der Waals surface area contributed by atoms with Crippen LogP contribution >= 0.6 is 0 Å². The molecule has 0 spiro atoms. The number of rotatable bonds is 2. The fraction of sp³-hybridized carbons (Fsp3) is 0.818. The molecule has 0 aromatic heterocycles. The summed E-state index contributed by atoms with van der Waals surface area (Å²) in [6.07, 6.45) is -4.83. The first-order chi connectivity index (χ1) is 8.49. The Kier molecular flexibility index (Phi) is 4.44. The molecule has 1 saturated heterocycles. The van der Waals surface area contributed by atoms with Crippen molar-refractivity contribution in [1.29, 1.82) is 0 Å². The van der Waals surface area contributed by atoms with E-state index in [1.807, 2.05) is 5.32 Å². The van der Waals surface area contributed by atoms with Gasteiger partial charge in [-0.2, -0.15) is 13.2 Å². The van der Waals surface area contributed by atoms with Gasteiger partial charge in [0.15, 0.2) is 0 Å². The molecule has 1 aliphatic heterocycles. The minimum absolute atomic E-state index is 0.0801. The van der Waals surface area contributed by atoms with E-state index in [1.54, 1.807) is 20.8 Å². The average Bonchev–Trinajstić information content (AvgIpc) is 2.62. The van der Waals surface area contributed by atoms with E-state index in [-0.39, 0.29) is 13.0 Å². The van der Waals surface area contributed by atoms with Crippen LogP contribution in [0.5, 0.6) is 0 Å². The number of carbonyl (C=O) groups is 2. The van der Waals surface area contributed by atoms with E-state index >= 15 is 0 Å². The third-order valence-electron chi connectivity index (χ3n) is 2.41. The van der Waals surface area contributed by atoms with Gasteiger partial charge in [0.05, 0.1) is 0 Å². The van der Waals surface area contributed by atoms with Crippen molar-refractivity contribution >= 4 is 11.9 Å². The molecule has 0 aromatic carbocycles. The zero-order valence-electron chi connectivity index (χ0n) is 10.9. The van der Waals surface area contributed by atoms with Crippen molar-refractivity contribution in [2.45, 2.75) is 51.1 Å². The molecule has 1 aliphatic rings. The van der Waals surface area contributed by atoms with Crippen LogP contribution < -0.4 is 10.6 Å². The summed E-state index contributed by atoms with van der Waals surface area (Å²) < 4.78 is 41.3. The number of amides is 1. The van der Waals surface area contributed by atoms with E-state index in [1.165, 1.54) is 0 Å². The third kappa shape index (κ3) is 5.06. The van der Waals surface area contributed by atoms with E-state index in [0.717, 1.165) is 0 Å². The van der Waals surface area contributed by atoms with E-state index in [0.29, 0.717) is 0 Å². The summed E-state index contributed by atoms with van der Waals surface area (Å²) in [6, 6.07) is -1.43. The van der Waals surface area contributed by atoms with Crippen LogP contribution in [0.15, 0.2) is 0 Å². The lowest BCUT2D eigenvalue weighted by Crippen LogP contribution is -2.44. The summed E-state index contributed by atoms with van der Waals surface area (Å²) in [7, 11) is 0. The molecule has 2 N–H and O–H groups in total. The molecule has 1 rings (SSSR count). The lowest BCUT2D eigenvalue weighted by atomic mass is 10.1. The maximum absolute atomic E-state index is 12.1. The number of nitrogens with one attached hydrogen (secondary N) is 2. The van der Waals surface area contributed by atoms with Gasteiger partial charge in [0, 0.05) is 12.6 Å². The van der Waals surface area contributed by atoms with Gasteiger partial charge in [0.25, 0.3) is 0 Å². The van der Waals surface area contributed by atoms with Crippen LogP contribution in [-0.2, 0) is 14.3 Å². The van der Waals surface area contributed by atoms with Crippen molar-refractivity contribution in [3.63, 3.8) is 0 Å². The van der Waals surface area contributed by atoms with E-state index in [4.69, 9.17) is 4.74 Å². The highest BCUT2D eigenvalue weighted by Gasteiger charge is 2.41. The molecule has 8 heteroatoms. The van der Waals surface area contributed by atoms with Crippen molar-refractivity contribution in [2.24, 2.45) is 0 Å². The van der Waals surface area contributed by atoms with Gasteiger partial charge in [-0.05, 0) is 27.2 Å². The molecule has 19 heavy (non-hydrogen) atoms. The highest BCUT2D eigenvalue weighted by atomic mass is 19.4. The van der Waals surface area contributed by atoms with Crippen LogP contribution in [0.25, 0.3) is 0 Å². The summed E-state index contributed by atoms with van der Waals surface area (Å²) in [5.74, 6) is -2.53. The lowest BCUT2D eigenvalue weighted by molar-refractivity contribution is -0.174. The molecule has 0 radical (unpaired) electrons. The molecule has 2 atom stereocenters. The predicted molar refractivity (Wildman–Crippen MR) is 60.2 cm³/mol. The Bertz CT molecular complexity index is 363. The SMILES string of the molecule is CC(C)(C)OC(=O)C1CC(NC(=O)C(F)(F)F)CN1. The molecule has 0 aliphatic carbocycles. The maximum atomic E-state index is 12.1. The molecule has 5 nitrogen and oxygen atoms in total. The van der Waals surface area contributed by atoms with Crippen LogP contribution in [0.3, 0.4) is 0 Å². The second-order valence-corrected chi connectivity index (χ2v) is 5.40. The van der Waals surface area contributed by atoms with Gasteiger partial charge in [-0.15, -0.1) is 0 Å². The summed E-state index contributed by atoms with van der Waals surface area (Å²) in [5, 5.41) is 4.56. The third-order valence-corrected chi connectivity index (χ3v) is 2.41. The predicted octanol–water partition coefficient (Wildman–Crippen LogP) is 0.737. The molecular formula is C11H17F3N2O3. The number of carbonyl (C=O) groups excluding carboxylic acids is 2. The number of esters is 1. The lowest BCUT2D eigenvalue weighted by Gasteiger charge is -2.22. The fourth-order valence-electron chi connectivity index (χ4n) is 1.67. The van der Waals surface area contributed by atoms with Gasteiger partial charge in [-0.3, -0.25) is 9.59 Å². The second-order valence-electron chi connectivity index (χ2n) is 5.40. The molecule has 1 fully saturated rings. The Morgan fingerprint density at radius 2 is 1.84 bits per heavy atom. The molecule has 0 saturated carbocycles. The van der Waals surface area contributed by atoms with Gasteiger partial charge in [-0.25, -0.2) is 0 Å². The maximum Gasteiger partial charge on any atom is 0.471 e. The Morgan fingerprint density at radius 1 is 1.26 bits per heavy atom. The molecule has 0 bridgehead atoms. The largest absolute Gasteiger partial charge is 0.471 e. The Labute approximate surface area is 108 Å². The van der Waals surface area contributed by atoms with Gasteiger partial charge in [0.2, 0.25) is 0 Å². The molecule has 0 aromatic rings. The molecule has 1 heterocycles. The van der Waals surface area contributed by atoms with Crippen LogP contribution in [0, 0.1) is 0 Å². The van der Waals surface area contributed by atoms with Gasteiger partial charge in [0.1, 0.15) is 11.6 Å². The summed E-state index contributed by atoms with van der Waals surface area (Å²) in [5.41, 5.74) is -0.661. The number of ether oxygens (including phenoxy) is 1. The van der Waals surface area contributed by atoms with Crippen molar-refractivity contribution in [2.75, 3.05) is 6.54 Å². The molecule has 110 valence electrons. The van der Waals surface area contributed by atoms with Crippen LogP contribution in [0.4, 0.5) is 13.2 Å². The topological polar surface area (TPSA) is 67.4 Å². The first-order valence-corrected chi connectivity index (χ1v) is 5.83.